The first-order chi connectivity index (χ1) is 9.28. The van der Waals surface area contributed by atoms with E-state index in [1.165, 1.54) is 0 Å². The van der Waals surface area contributed by atoms with Crippen LogP contribution in [0.3, 0.4) is 0 Å². The molecule has 0 amide bonds. The highest BCUT2D eigenvalue weighted by molar-refractivity contribution is 5.83. The molecule has 19 heavy (non-hydrogen) atoms. The lowest BCUT2D eigenvalue weighted by atomic mass is 10.1. The molecule has 0 radical (unpaired) electrons. The number of rotatable bonds is 3. The van der Waals surface area contributed by atoms with Crippen molar-refractivity contribution in [3.8, 4) is 17.1 Å². The summed E-state index contributed by atoms with van der Waals surface area (Å²) >= 11 is 0. The molecule has 7 nitrogen and oxygen atoms in total. The van der Waals surface area contributed by atoms with E-state index in [4.69, 9.17) is 4.74 Å². The van der Waals surface area contributed by atoms with Crippen LogP contribution in [0.1, 0.15) is 6.92 Å². The second kappa shape index (κ2) is 4.52. The molecule has 0 bridgehead atoms. The van der Waals surface area contributed by atoms with E-state index >= 15 is 0 Å². The summed E-state index contributed by atoms with van der Waals surface area (Å²) in [7, 11) is 0. The van der Waals surface area contributed by atoms with Gasteiger partial charge in [-0.15, -0.1) is 10.2 Å². The van der Waals surface area contributed by atoms with E-state index in [0.717, 1.165) is 16.7 Å². The number of fused-ring (bicyclic) bond motifs is 1. The molecule has 0 atom stereocenters. The fraction of sp³-hybridized carbons (Fsp3) is 0.167. The summed E-state index contributed by atoms with van der Waals surface area (Å²) in [6.07, 6.45) is 0. The number of hydrogen-bond donors (Lipinski definition) is 2. The van der Waals surface area contributed by atoms with Crippen molar-refractivity contribution in [3.05, 3.63) is 34.6 Å². The topological polar surface area (TPSA) is 96.5 Å². The lowest BCUT2D eigenvalue weighted by Gasteiger charge is -2.05. The molecule has 96 valence electrons. The molecule has 0 saturated carbocycles. The monoisotopic (exact) mass is 257 g/mol. The van der Waals surface area contributed by atoms with E-state index in [1.54, 1.807) is 6.07 Å². The first-order valence-electron chi connectivity index (χ1n) is 5.81. The number of benzene rings is 1. The van der Waals surface area contributed by atoms with Crippen LogP contribution < -0.4 is 10.3 Å². The Labute approximate surface area is 107 Å². The second-order valence-electron chi connectivity index (χ2n) is 3.93. The summed E-state index contributed by atoms with van der Waals surface area (Å²) in [5.41, 5.74) is 0.855. The minimum atomic E-state index is -0.252. The Balaban J connectivity index is 2.19. The van der Waals surface area contributed by atoms with Crippen molar-refractivity contribution in [2.24, 2.45) is 0 Å². The standard InChI is InChI=1S/C12H11N5O2/c1-2-19-8-3-4-10-7(5-8)6-9(12(18)13-10)11-14-16-17-15-11/h3-6H,2H2,1H3,(H,13,18)(H,14,15,16,17). The van der Waals surface area contributed by atoms with E-state index < -0.39 is 0 Å². The molecule has 0 spiro atoms. The van der Waals surface area contributed by atoms with E-state index in [9.17, 15) is 4.79 Å². The van der Waals surface area contributed by atoms with Crippen LogP contribution in [-0.2, 0) is 0 Å². The van der Waals surface area contributed by atoms with Crippen molar-refractivity contribution in [1.82, 2.24) is 25.6 Å². The summed E-state index contributed by atoms with van der Waals surface area (Å²) in [6, 6.07) is 7.21. The molecule has 3 aromatic rings. The highest BCUT2D eigenvalue weighted by Crippen LogP contribution is 2.21. The number of nitrogens with one attached hydrogen (secondary N) is 2. The lowest BCUT2D eigenvalue weighted by molar-refractivity contribution is 0.340. The molecule has 0 aliphatic heterocycles. The summed E-state index contributed by atoms with van der Waals surface area (Å²) in [6.45, 7) is 2.51. The smallest absolute Gasteiger partial charge is 0.259 e. The quantitative estimate of drug-likeness (QED) is 0.732. The van der Waals surface area contributed by atoms with Gasteiger partial charge < -0.3 is 9.72 Å². The average molecular weight is 257 g/mol. The lowest BCUT2D eigenvalue weighted by Crippen LogP contribution is -2.09. The van der Waals surface area contributed by atoms with Crippen molar-refractivity contribution in [3.63, 3.8) is 0 Å². The molecule has 3 rings (SSSR count). The van der Waals surface area contributed by atoms with Crippen LogP contribution in [0, 0.1) is 0 Å². The summed E-state index contributed by atoms with van der Waals surface area (Å²) in [5.74, 6) is 1.02. The van der Waals surface area contributed by atoms with E-state index in [2.05, 4.69) is 25.6 Å². The third kappa shape index (κ3) is 2.05. The fourth-order valence-corrected chi connectivity index (χ4v) is 1.88. The number of aromatic amines is 2. The van der Waals surface area contributed by atoms with Crippen molar-refractivity contribution in [1.29, 1.82) is 0 Å². The van der Waals surface area contributed by atoms with E-state index in [0.29, 0.717) is 12.2 Å². The first-order valence-corrected chi connectivity index (χ1v) is 5.81. The predicted molar refractivity (Wildman–Crippen MR) is 68.9 cm³/mol. The van der Waals surface area contributed by atoms with Gasteiger partial charge in [-0.2, -0.15) is 5.21 Å². The number of aromatic nitrogens is 5. The van der Waals surface area contributed by atoms with Crippen molar-refractivity contribution < 1.29 is 4.74 Å². The molecule has 2 heterocycles. The minimum Gasteiger partial charge on any atom is -0.494 e. The van der Waals surface area contributed by atoms with Crippen LogP contribution in [0.15, 0.2) is 29.1 Å². The Kier molecular flexibility index (Phi) is 2.71. The van der Waals surface area contributed by atoms with Crippen LogP contribution in [0.5, 0.6) is 5.75 Å². The number of tetrazole rings is 1. The first kappa shape index (κ1) is 11.4. The Morgan fingerprint density at radius 3 is 2.95 bits per heavy atom. The highest BCUT2D eigenvalue weighted by Gasteiger charge is 2.10. The van der Waals surface area contributed by atoms with Gasteiger partial charge in [0.05, 0.1) is 12.2 Å². The largest absolute Gasteiger partial charge is 0.494 e. The second-order valence-corrected chi connectivity index (χ2v) is 3.93. The zero-order valence-electron chi connectivity index (χ0n) is 10.2. The number of pyridine rings is 1. The van der Waals surface area contributed by atoms with Crippen molar-refractivity contribution in [2.75, 3.05) is 6.61 Å². The Hall–Kier alpha value is -2.70. The van der Waals surface area contributed by atoms with Crippen LogP contribution in [0.2, 0.25) is 0 Å². The van der Waals surface area contributed by atoms with Crippen LogP contribution in [-0.4, -0.2) is 32.2 Å². The molecular formula is C12H11N5O2. The Morgan fingerprint density at radius 2 is 2.21 bits per heavy atom. The number of nitrogens with zero attached hydrogens (tertiary/aromatic N) is 3. The van der Waals surface area contributed by atoms with Crippen LogP contribution in [0.4, 0.5) is 0 Å². The summed E-state index contributed by atoms with van der Waals surface area (Å²) in [5, 5.41) is 14.3. The molecule has 0 aliphatic carbocycles. The molecular weight excluding hydrogens is 246 g/mol. The Bertz CT molecular complexity index is 763. The zero-order chi connectivity index (χ0) is 13.2. The van der Waals surface area contributed by atoms with Gasteiger partial charge in [-0.25, -0.2) is 0 Å². The van der Waals surface area contributed by atoms with Crippen molar-refractivity contribution >= 4 is 10.9 Å². The summed E-state index contributed by atoms with van der Waals surface area (Å²) in [4.78, 5) is 14.7. The SMILES string of the molecule is CCOc1ccc2[nH]c(=O)c(-c3nn[nH]n3)cc2c1. The summed E-state index contributed by atoms with van der Waals surface area (Å²) < 4.78 is 5.43. The predicted octanol–water partition coefficient (Wildman–Crippen LogP) is 1.11. The average Bonchev–Trinajstić information content (AvgIpc) is 2.92. The van der Waals surface area contributed by atoms with Gasteiger partial charge in [0.1, 0.15) is 5.75 Å². The maximum atomic E-state index is 11.9. The molecule has 0 unspecified atom stereocenters. The minimum absolute atomic E-state index is 0.252. The number of hydrogen-bond acceptors (Lipinski definition) is 5. The molecule has 0 fully saturated rings. The highest BCUT2D eigenvalue weighted by atomic mass is 16.5. The van der Waals surface area contributed by atoms with Gasteiger partial charge in [0.15, 0.2) is 0 Å². The molecule has 0 saturated heterocycles. The van der Waals surface area contributed by atoms with Gasteiger partial charge in [0.25, 0.3) is 5.56 Å². The molecule has 2 aromatic heterocycles. The normalized spacial score (nSPS) is 10.8. The van der Waals surface area contributed by atoms with E-state index in [1.807, 2.05) is 25.1 Å². The van der Waals surface area contributed by atoms with Gasteiger partial charge in [-0.05, 0) is 36.4 Å². The number of ether oxygens (including phenoxy) is 1. The third-order valence-corrected chi connectivity index (χ3v) is 2.71. The van der Waals surface area contributed by atoms with Gasteiger partial charge in [-0.3, -0.25) is 4.79 Å². The van der Waals surface area contributed by atoms with Gasteiger partial charge >= 0.3 is 0 Å². The van der Waals surface area contributed by atoms with Gasteiger partial charge in [0, 0.05) is 10.9 Å². The van der Waals surface area contributed by atoms with Gasteiger partial charge in [0.2, 0.25) is 5.82 Å². The number of H-pyrrole nitrogens is 2. The van der Waals surface area contributed by atoms with Crippen LogP contribution in [0.25, 0.3) is 22.3 Å². The maximum Gasteiger partial charge on any atom is 0.259 e. The third-order valence-electron chi connectivity index (χ3n) is 2.71. The maximum absolute atomic E-state index is 11.9. The molecule has 0 aliphatic rings. The zero-order valence-corrected chi connectivity index (χ0v) is 10.2. The van der Waals surface area contributed by atoms with Crippen molar-refractivity contribution in [2.45, 2.75) is 6.92 Å². The Morgan fingerprint density at radius 1 is 1.32 bits per heavy atom. The molecule has 7 heteroatoms. The molecule has 1 aromatic carbocycles. The molecule has 2 N–H and O–H groups in total. The fourth-order valence-electron chi connectivity index (χ4n) is 1.88. The van der Waals surface area contributed by atoms with E-state index in [-0.39, 0.29) is 11.4 Å². The van der Waals surface area contributed by atoms with Crippen LogP contribution >= 0.6 is 0 Å². The van der Waals surface area contributed by atoms with Gasteiger partial charge in [-0.1, -0.05) is 0 Å².